The zero-order valence-corrected chi connectivity index (χ0v) is 17.8. The number of rotatable bonds is 3. The van der Waals surface area contributed by atoms with Gasteiger partial charge in [0.05, 0.1) is 36.0 Å². The first-order valence-electron chi connectivity index (χ1n) is 11.0. The van der Waals surface area contributed by atoms with Crippen LogP contribution in [0.2, 0.25) is 0 Å². The van der Waals surface area contributed by atoms with E-state index in [1.807, 2.05) is 23.1 Å². The van der Waals surface area contributed by atoms with Crippen LogP contribution in [0.4, 0.5) is 22.9 Å². The van der Waals surface area contributed by atoms with Crippen LogP contribution in [0.15, 0.2) is 36.5 Å². The van der Waals surface area contributed by atoms with Crippen molar-refractivity contribution in [1.29, 1.82) is 5.26 Å². The Morgan fingerprint density at radius 3 is 2.77 bits per heavy atom. The van der Waals surface area contributed by atoms with Crippen molar-refractivity contribution in [2.24, 2.45) is 11.8 Å². The standard InChI is InChI=1S/C24H27N5O2/c1-31-20-7-4-17(5-8-20)24(30)29-15-18-3-2-10-26-23(18)27-21-9-6-19(11-22(21)29)28-13-16(12-25)14-28/h2-3,6,9-11,16-17,20H,4-5,7-8,13-15H2,1H3,(H,26,27). The molecule has 1 aliphatic carbocycles. The molecule has 1 aromatic carbocycles. The molecular formula is C24H27N5O2. The summed E-state index contributed by atoms with van der Waals surface area (Å²) >= 11 is 0. The second-order valence-corrected chi connectivity index (χ2v) is 8.70. The van der Waals surface area contributed by atoms with Crippen LogP contribution in [0.1, 0.15) is 31.2 Å². The molecule has 1 saturated carbocycles. The first-order chi connectivity index (χ1) is 15.2. The highest BCUT2D eigenvalue weighted by Crippen LogP contribution is 2.40. The van der Waals surface area contributed by atoms with Crippen molar-refractivity contribution in [3.63, 3.8) is 0 Å². The van der Waals surface area contributed by atoms with Gasteiger partial charge in [-0.05, 0) is 49.9 Å². The fourth-order valence-electron chi connectivity index (χ4n) is 4.84. The molecule has 0 unspecified atom stereocenters. The van der Waals surface area contributed by atoms with E-state index in [1.54, 1.807) is 13.3 Å². The quantitative estimate of drug-likeness (QED) is 0.817. The van der Waals surface area contributed by atoms with Gasteiger partial charge in [0.1, 0.15) is 5.82 Å². The Balaban J connectivity index is 1.47. The number of carbonyl (C=O) groups is 1. The fourth-order valence-corrected chi connectivity index (χ4v) is 4.84. The van der Waals surface area contributed by atoms with Crippen LogP contribution in [0.3, 0.4) is 0 Å². The van der Waals surface area contributed by atoms with Gasteiger partial charge in [-0.3, -0.25) is 4.79 Å². The molecule has 1 N–H and O–H groups in total. The number of hydrogen-bond donors (Lipinski definition) is 1. The van der Waals surface area contributed by atoms with Gasteiger partial charge in [0.2, 0.25) is 5.91 Å². The number of carbonyl (C=O) groups excluding carboxylic acids is 1. The Kier molecular flexibility index (Phi) is 5.24. The van der Waals surface area contributed by atoms with Crippen LogP contribution in [0, 0.1) is 23.2 Å². The van der Waals surface area contributed by atoms with Crippen molar-refractivity contribution >= 4 is 28.8 Å². The molecular weight excluding hydrogens is 390 g/mol. The highest BCUT2D eigenvalue weighted by atomic mass is 16.5. The minimum Gasteiger partial charge on any atom is -0.381 e. The molecule has 0 radical (unpaired) electrons. The van der Waals surface area contributed by atoms with Crippen molar-refractivity contribution < 1.29 is 9.53 Å². The summed E-state index contributed by atoms with van der Waals surface area (Å²) < 4.78 is 5.49. The third-order valence-electron chi connectivity index (χ3n) is 6.80. The minimum absolute atomic E-state index is 0.00751. The molecule has 7 nitrogen and oxygen atoms in total. The van der Waals surface area contributed by atoms with Crippen LogP contribution < -0.4 is 15.1 Å². The molecule has 1 aromatic heterocycles. The number of nitrogens with one attached hydrogen (secondary N) is 1. The molecule has 0 spiro atoms. The highest BCUT2D eigenvalue weighted by molar-refractivity contribution is 6.00. The normalized spacial score (nSPS) is 23.0. The van der Waals surface area contributed by atoms with Crippen LogP contribution in [0.5, 0.6) is 0 Å². The van der Waals surface area contributed by atoms with E-state index in [2.05, 4.69) is 33.4 Å². The number of hydrogen-bond acceptors (Lipinski definition) is 6. The summed E-state index contributed by atoms with van der Waals surface area (Å²) in [7, 11) is 1.75. The topological polar surface area (TPSA) is 81.5 Å². The van der Waals surface area contributed by atoms with E-state index in [9.17, 15) is 4.79 Å². The molecule has 7 heteroatoms. The number of amides is 1. The minimum atomic E-state index is 0.00751. The van der Waals surface area contributed by atoms with E-state index in [0.717, 1.165) is 67.2 Å². The van der Waals surface area contributed by atoms with Gasteiger partial charge in [-0.2, -0.15) is 5.26 Å². The lowest BCUT2D eigenvalue weighted by molar-refractivity contribution is -0.124. The Bertz CT molecular complexity index is 1020. The van der Waals surface area contributed by atoms with E-state index < -0.39 is 0 Å². The van der Waals surface area contributed by atoms with Gasteiger partial charge >= 0.3 is 0 Å². The predicted molar refractivity (Wildman–Crippen MR) is 119 cm³/mol. The molecule has 160 valence electrons. The number of nitriles is 1. The summed E-state index contributed by atoms with van der Waals surface area (Å²) in [6.45, 7) is 1.97. The molecule has 2 aliphatic heterocycles. The van der Waals surface area contributed by atoms with Gasteiger partial charge < -0.3 is 19.9 Å². The molecule has 1 saturated heterocycles. The van der Waals surface area contributed by atoms with Gasteiger partial charge in [-0.15, -0.1) is 0 Å². The lowest BCUT2D eigenvalue weighted by Crippen LogP contribution is -2.46. The number of nitrogens with zero attached hydrogens (tertiary/aromatic N) is 4. The van der Waals surface area contributed by atoms with E-state index in [-0.39, 0.29) is 23.8 Å². The molecule has 1 amide bonds. The maximum atomic E-state index is 13.7. The van der Waals surface area contributed by atoms with Crippen LogP contribution in [0.25, 0.3) is 0 Å². The van der Waals surface area contributed by atoms with Gasteiger partial charge in [-0.25, -0.2) is 4.98 Å². The summed E-state index contributed by atoms with van der Waals surface area (Å²) in [5, 5.41) is 12.6. The number of fused-ring (bicyclic) bond motifs is 2. The van der Waals surface area contributed by atoms with Crippen molar-refractivity contribution in [1.82, 2.24) is 4.98 Å². The van der Waals surface area contributed by atoms with Crippen molar-refractivity contribution in [2.75, 3.05) is 35.3 Å². The smallest absolute Gasteiger partial charge is 0.230 e. The number of anilines is 4. The number of benzene rings is 1. The van der Waals surface area contributed by atoms with Crippen molar-refractivity contribution in [2.45, 2.75) is 38.3 Å². The Morgan fingerprint density at radius 2 is 2.03 bits per heavy atom. The van der Waals surface area contributed by atoms with E-state index in [0.29, 0.717) is 6.54 Å². The number of methoxy groups -OCH3 is 1. The van der Waals surface area contributed by atoms with Gasteiger partial charge in [-0.1, -0.05) is 6.07 Å². The number of aromatic nitrogens is 1. The highest BCUT2D eigenvalue weighted by Gasteiger charge is 2.34. The maximum absolute atomic E-state index is 13.7. The predicted octanol–water partition coefficient (Wildman–Crippen LogP) is 3.84. The molecule has 31 heavy (non-hydrogen) atoms. The number of ether oxygens (including phenoxy) is 1. The van der Waals surface area contributed by atoms with Crippen LogP contribution in [-0.4, -0.2) is 37.2 Å². The average Bonchev–Trinajstić information content (AvgIpc) is 2.94. The molecule has 5 rings (SSSR count). The third kappa shape index (κ3) is 3.72. The fraction of sp³-hybridized carbons (Fsp3) is 0.458. The second kappa shape index (κ2) is 8.20. The molecule has 3 heterocycles. The first kappa shape index (κ1) is 19.8. The van der Waals surface area contributed by atoms with E-state index >= 15 is 0 Å². The molecule has 2 aromatic rings. The van der Waals surface area contributed by atoms with E-state index in [1.165, 1.54) is 0 Å². The summed E-state index contributed by atoms with van der Waals surface area (Å²) in [6.07, 6.45) is 5.59. The summed E-state index contributed by atoms with van der Waals surface area (Å²) in [5.74, 6) is 1.06. The first-order valence-corrected chi connectivity index (χ1v) is 11.0. The largest absolute Gasteiger partial charge is 0.381 e. The lowest BCUT2D eigenvalue weighted by atomic mass is 9.86. The lowest BCUT2D eigenvalue weighted by Gasteiger charge is -2.38. The van der Waals surface area contributed by atoms with Crippen molar-refractivity contribution in [3.05, 3.63) is 42.1 Å². The monoisotopic (exact) mass is 417 g/mol. The molecule has 3 aliphatic rings. The molecule has 2 fully saturated rings. The van der Waals surface area contributed by atoms with Gasteiger partial charge in [0.15, 0.2) is 0 Å². The summed E-state index contributed by atoms with van der Waals surface area (Å²) in [6, 6.07) is 12.4. The SMILES string of the molecule is COC1CCC(C(=O)N2Cc3cccnc3Nc3ccc(N4CC(C#N)C4)cc32)CC1. The number of pyridine rings is 1. The average molecular weight is 418 g/mol. The van der Waals surface area contributed by atoms with Crippen LogP contribution >= 0.6 is 0 Å². The zero-order valence-electron chi connectivity index (χ0n) is 17.8. The third-order valence-corrected chi connectivity index (χ3v) is 6.80. The Morgan fingerprint density at radius 1 is 1.23 bits per heavy atom. The van der Waals surface area contributed by atoms with Crippen LogP contribution in [-0.2, 0) is 16.1 Å². The van der Waals surface area contributed by atoms with Gasteiger partial charge in [0.25, 0.3) is 0 Å². The summed E-state index contributed by atoms with van der Waals surface area (Å²) in [4.78, 5) is 22.3. The van der Waals surface area contributed by atoms with E-state index in [4.69, 9.17) is 10.00 Å². The molecule has 0 atom stereocenters. The molecule has 0 bridgehead atoms. The maximum Gasteiger partial charge on any atom is 0.230 e. The zero-order chi connectivity index (χ0) is 21.4. The van der Waals surface area contributed by atoms with Gasteiger partial charge in [0, 0.05) is 43.6 Å². The Labute approximate surface area is 182 Å². The Hall–Kier alpha value is -3.11. The van der Waals surface area contributed by atoms with Crippen molar-refractivity contribution in [3.8, 4) is 6.07 Å². The second-order valence-electron chi connectivity index (χ2n) is 8.70. The summed E-state index contributed by atoms with van der Waals surface area (Å²) in [5.41, 5.74) is 3.83.